The fourth-order valence-electron chi connectivity index (χ4n) is 3.13. The van der Waals surface area contributed by atoms with E-state index in [4.69, 9.17) is 0 Å². The van der Waals surface area contributed by atoms with Gasteiger partial charge in [-0.3, -0.25) is 4.90 Å². The van der Waals surface area contributed by atoms with E-state index in [1.165, 1.54) is 6.07 Å². The predicted molar refractivity (Wildman–Crippen MR) is 66.8 cm³/mol. The number of hydrogen-bond acceptors (Lipinski definition) is 2. The lowest BCUT2D eigenvalue weighted by atomic mass is 9.95. The lowest BCUT2D eigenvalue weighted by molar-refractivity contribution is -0.138. The molecule has 0 aliphatic carbocycles. The Morgan fingerprint density at radius 2 is 2.16 bits per heavy atom. The van der Waals surface area contributed by atoms with Crippen molar-refractivity contribution in [3.05, 3.63) is 34.4 Å². The number of rotatable bonds is 1. The molecule has 0 amide bonds. The third-order valence-corrected chi connectivity index (χ3v) is 4.13. The topological polar surface area (TPSA) is 15.3 Å². The maximum atomic E-state index is 13.2. The zero-order valence-electron chi connectivity index (χ0n) is 10.8. The van der Waals surface area contributed by atoms with Gasteiger partial charge in [-0.15, -0.1) is 0 Å². The van der Waals surface area contributed by atoms with Gasteiger partial charge in [-0.2, -0.15) is 13.2 Å². The summed E-state index contributed by atoms with van der Waals surface area (Å²) in [7, 11) is 0. The van der Waals surface area contributed by atoms with Gasteiger partial charge in [0.15, 0.2) is 0 Å². The number of hydrogen-bond donors (Lipinski definition) is 1. The van der Waals surface area contributed by atoms with Crippen LogP contribution in [0.15, 0.2) is 12.1 Å². The second kappa shape index (κ2) is 4.49. The zero-order chi connectivity index (χ0) is 13.6. The second-order valence-corrected chi connectivity index (χ2v) is 5.25. The Kier molecular flexibility index (Phi) is 3.06. The van der Waals surface area contributed by atoms with E-state index in [-0.39, 0.29) is 6.04 Å². The van der Waals surface area contributed by atoms with Gasteiger partial charge in [-0.25, -0.2) is 0 Å². The van der Waals surface area contributed by atoms with Crippen molar-refractivity contribution in [1.82, 2.24) is 10.2 Å². The Morgan fingerprint density at radius 3 is 2.84 bits per heavy atom. The van der Waals surface area contributed by atoms with E-state index in [0.717, 1.165) is 30.8 Å². The molecule has 1 atom stereocenters. The van der Waals surface area contributed by atoms with Crippen molar-refractivity contribution < 1.29 is 13.2 Å². The van der Waals surface area contributed by atoms with Gasteiger partial charge in [0.1, 0.15) is 0 Å². The quantitative estimate of drug-likeness (QED) is 0.844. The summed E-state index contributed by atoms with van der Waals surface area (Å²) in [5, 5.41) is 3.27. The van der Waals surface area contributed by atoms with E-state index in [9.17, 15) is 13.2 Å². The molecule has 5 heteroatoms. The first-order valence-electron chi connectivity index (χ1n) is 6.68. The fraction of sp³-hybridized carbons (Fsp3) is 0.571. The summed E-state index contributed by atoms with van der Waals surface area (Å²) in [6, 6.07) is 3.39. The van der Waals surface area contributed by atoms with Gasteiger partial charge < -0.3 is 5.32 Å². The SMILES string of the molecule is CCc1cc2c(c(C(F)(F)F)c1)CN1CCNC[C@@H]21. The van der Waals surface area contributed by atoms with Crippen molar-refractivity contribution in [2.24, 2.45) is 0 Å². The van der Waals surface area contributed by atoms with Crippen molar-refractivity contribution in [2.75, 3.05) is 19.6 Å². The largest absolute Gasteiger partial charge is 0.416 e. The number of aryl methyl sites for hydroxylation is 1. The van der Waals surface area contributed by atoms with E-state index in [1.807, 2.05) is 13.0 Å². The number of fused-ring (bicyclic) bond motifs is 3. The molecule has 19 heavy (non-hydrogen) atoms. The van der Waals surface area contributed by atoms with Gasteiger partial charge in [0.2, 0.25) is 0 Å². The van der Waals surface area contributed by atoms with Crippen molar-refractivity contribution in [3.8, 4) is 0 Å². The van der Waals surface area contributed by atoms with Crippen molar-refractivity contribution in [2.45, 2.75) is 32.1 Å². The summed E-state index contributed by atoms with van der Waals surface area (Å²) < 4.78 is 39.6. The molecule has 2 nitrogen and oxygen atoms in total. The molecule has 2 aliphatic heterocycles. The van der Waals surface area contributed by atoms with Gasteiger partial charge in [-0.05, 0) is 29.2 Å². The van der Waals surface area contributed by atoms with Crippen LogP contribution < -0.4 is 5.32 Å². The average molecular weight is 270 g/mol. The highest BCUT2D eigenvalue weighted by Crippen LogP contribution is 2.42. The molecule has 0 saturated carbocycles. The average Bonchev–Trinajstić information content (AvgIpc) is 2.74. The molecule has 3 rings (SSSR count). The van der Waals surface area contributed by atoms with Crippen LogP contribution in [0.25, 0.3) is 0 Å². The van der Waals surface area contributed by atoms with E-state index < -0.39 is 11.7 Å². The van der Waals surface area contributed by atoms with E-state index in [2.05, 4.69) is 10.2 Å². The first kappa shape index (κ1) is 12.9. The lowest BCUT2D eigenvalue weighted by Crippen LogP contribution is -2.42. The van der Waals surface area contributed by atoms with Crippen LogP contribution in [0.3, 0.4) is 0 Å². The molecule has 0 spiro atoms. The first-order chi connectivity index (χ1) is 9.00. The summed E-state index contributed by atoms with van der Waals surface area (Å²) in [6.45, 7) is 4.75. The molecule has 0 unspecified atom stereocenters. The van der Waals surface area contributed by atoms with Crippen molar-refractivity contribution in [1.29, 1.82) is 0 Å². The third kappa shape index (κ3) is 2.15. The smallest absolute Gasteiger partial charge is 0.314 e. The number of alkyl halides is 3. The molecular formula is C14H17F3N2. The molecule has 0 radical (unpaired) electrons. The van der Waals surface area contributed by atoms with Gasteiger partial charge in [0.25, 0.3) is 0 Å². The molecule has 0 aromatic heterocycles. The number of nitrogens with zero attached hydrogens (tertiary/aromatic N) is 1. The molecule has 1 aromatic rings. The number of benzene rings is 1. The highest BCUT2D eigenvalue weighted by atomic mass is 19.4. The second-order valence-electron chi connectivity index (χ2n) is 5.25. The highest BCUT2D eigenvalue weighted by molar-refractivity contribution is 5.45. The van der Waals surface area contributed by atoms with Crippen molar-refractivity contribution in [3.63, 3.8) is 0 Å². The van der Waals surface area contributed by atoms with Crippen LogP contribution in [0.5, 0.6) is 0 Å². The predicted octanol–water partition coefficient (Wildman–Crippen LogP) is 2.73. The van der Waals surface area contributed by atoms with Crippen LogP contribution in [-0.4, -0.2) is 24.5 Å². The van der Waals surface area contributed by atoms with E-state index in [0.29, 0.717) is 18.5 Å². The molecule has 104 valence electrons. The van der Waals surface area contributed by atoms with Crippen LogP contribution in [-0.2, 0) is 19.1 Å². The summed E-state index contributed by atoms with van der Waals surface area (Å²) in [4.78, 5) is 2.15. The minimum absolute atomic E-state index is 0.108. The Bertz CT molecular complexity index is 496. The monoisotopic (exact) mass is 270 g/mol. The van der Waals surface area contributed by atoms with E-state index >= 15 is 0 Å². The van der Waals surface area contributed by atoms with Gasteiger partial charge in [-0.1, -0.05) is 13.0 Å². The highest BCUT2D eigenvalue weighted by Gasteiger charge is 2.40. The van der Waals surface area contributed by atoms with Gasteiger partial charge >= 0.3 is 6.18 Å². The minimum atomic E-state index is -4.25. The molecule has 1 fully saturated rings. The molecule has 1 aromatic carbocycles. The van der Waals surface area contributed by atoms with Crippen LogP contribution in [0.2, 0.25) is 0 Å². The van der Waals surface area contributed by atoms with Gasteiger partial charge in [0, 0.05) is 32.2 Å². The Hall–Kier alpha value is -1.07. The Labute approximate surface area is 110 Å². The van der Waals surface area contributed by atoms with Crippen LogP contribution in [0, 0.1) is 0 Å². The Balaban J connectivity index is 2.12. The van der Waals surface area contributed by atoms with Crippen LogP contribution in [0.1, 0.15) is 35.2 Å². The zero-order valence-corrected chi connectivity index (χ0v) is 10.8. The maximum Gasteiger partial charge on any atom is 0.416 e. The van der Waals surface area contributed by atoms with Gasteiger partial charge in [0.05, 0.1) is 5.56 Å². The molecule has 2 aliphatic rings. The molecule has 1 saturated heterocycles. The number of halogens is 3. The third-order valence-electron chi connectivity index (χ3n) is 4.13. The minimum Gasteiger partial charge on any atom is -0.314 e. The maximum absolute atomic E-state index is 13.2. The van der Waals surface area contributed by atoms with Crippen LogP contribution >= 0.6 is 0 Å². The van der Waals surface area contributed by atoms with E-state index in [1.54, 1.807) is 0 Å². The molecular weight excluding hydrogens is 253 g/mol. The number of nitrogens with one attached hydrogen (secondary N) is 1. The molecule has 0 bridgehead atoms. The first-order valence-corrected chi connectivity index (χ1v) is 6.68. The summed E-state index contributed by atoms with van der Waals surface area (Å²) in [6.07, 6.45) is -3.62. The normalized spacial score (nSPS) is 23.3. The molecule has 2 heterocycles. The fourth-order valence-corrected chi connectivity index (χ4v) is 3.13. The summed E-state index contributed by atoms with van der Waals surface area (Å²) >= 11 is 0. The number of piperazine rings is 1. The summed E-state index contributed by atoms with van der Waals surface area (Å²) in [5.74, 6) is 0. The Morgan fingerprint density at radius 1 is 1.37 bits per heavy atom. The lowest BCUT2D eigenvalue weighted by Gasteiger charge is -2.30. The standard InChI is InChI=1S/C14H17F3N2/c1-2-9-5-10-11(12(6-9)14(15,16)17)8-19-4-3-18-7-13(10)19/h5-6,13,18H,2-4,7-8H2,1H3/t13-/m0/s1. The van der Waals surface area contributed by atoms with Crippen molar-refractivity contribution >= 4 is 0 Å². The molecule has 1 N–H and O–H groups in total. The van der Waals surface area contributed by atoms with Crippen LogP contribution in [0.4, 0.5) is 13.2 Å². The summed E-state index contributed by atoms with van der Waals surface area (Å²) in [5.41, 5.74) is 1.70.